The Kier molecular flexibility index (Phi) is 6.90. The number of carbonyl (C=O) groups excluding carboxylic acids is 1. The average Bonchev–Trinajstić information content (AvgIpc) is 2.60. The zero-order chi connectivity index (χ0) is 16.7. The van der Waals surface area contributed by atoms with Gasteiger partial charge in [-0.25, -0.2) is 0 Å². The summed E-state index contributed by atoms with van der Waals surface area (Å²) in [5.41, 5.74) is 1.14. The van der Waals surface area contributed by atoms with Gasteiger partial charge in [0.25, 0.3) is 5.91 Å². The number of hydrogen-bond donors (Lipinski definition) is 2. The van der Waals surface area contributed by atoms with Crippen molar-refractivity contribution in [1.82, 2.24) is 5.32 Å². The van der Waals surface area contributed by atoms with E-state index in [0.29, 0.717) is 5.92 Å². The van der Waals surface area contributed by atoms with Gasteiger partial charge < -0.3 is 15.0 Å². The molecule has 1 fully saturated rings. The van der Waals surface area contributed by atoms with E-state index >= 15 is 0 Å². The third-order valence-electron chi connectivity index (χ3n) is 5.08. The highest BCUT2D eigenvalue weighted by atomic mass is 16.5. The van der Waals surface area contributed by atoms with Crippen LogP contribution in [0.4, 0.5) is 0 Å². The van der Waals surface area contributed by atoms with Crippen molar-refractivity contribution in [2.45, 2.75) is 51.6 Å². The van der Waals surface area contributed by atoms with Gasteiger partial charge in [-0.2, -0.15) is 0 Å². The normalized spacial score (nSPS) is 18.2. The van der Waals surface area contributed by atoms with Gasteiger partial charge in [-0.3, -0.25) is 4.79 Å². The van der Waals surface area contributed by atoms with Gasteiger partial charge in [-0.15, -0.1) is 0 Å². The molecule has 0 spiro atoms. The molecular weight excluding hydrogens is 288 g/mol. The number of carbonyl (C=O) groups is 1. The van der Waals surface area contributed by atoms with Crippen LogP contribution in [0.5, 0.6) is 5.75 Å². The summed E-state index contributed by atoms with van der Waals surface area (Å²) >= 11 is 0. The third-order valence-corrected chi connectivity index (χ3v) is 5.08. The molecule has 0 heterocycles. The Labute approximate surface area is 140 Å². The van der Waals surface area contributed by atoms with Crippen LogP contribution >= 0.6 is 0 Å². The SMILES string of the molecule is COc1ccccc1C[NH+](C)[C@H](C)C(=O)NCC1CCCCC1. The van der Waals surface area contributed by atoms with Gasteiger partial charge in [-0.1, -0.05) is 31.4 Å². The maximum atomic E-state index is 12.4. The number of para-hydroxylation sites is 1. The van der Waals surface area contributed by atoms with Crippen LogP contribution in [-0.2, 0) is 11.3 Å². The Morgan fingerprint density at radius 1 is 1.30 bits per heavy atom. The van der Waals surface area contributed by atoms with Crippen molar-refractivity contribution in [1.29, 1.82) is 0 Å². The number of rotatable bonds is 7. The fourth-order valence-corrected chi connectivity index (χ4v) is 3.32. The van der Waals surface area contributed by atoms with Crippen molar-refractivity contribution in [3.05, 3.63) is 29.8 Å². The maximum Gasteiger partial charge on any atom is 0.278 e. The number of nitrogens with one attached hydrogen (secondary N) is 2. The first-order chi connectivity index (χ1) is 11.1. The van der Waals surface area contributed by atoms with Crippen LogP contribution in [0.3, 0.4) is 0 Å². The summed E-state index contributed by atoms with van der Waals surface area (Å²) < 4.78 is 5.40. The highest BCUT2D eigenvalue weighted by molar-refractivity contribution is 5.79. The molecule has 1 aromatic carbocycles. The van der Waals surface area contributed by atoms with E-state index in [2.05, 4.69) is 18.4 Å². The van der Waals surface area contributed by atoms with Crippen LogP contribution in [0.25, 0.3) is 0 Å². The van der Waals surface area contributed by atoms with Crippen molar-refractivity contribution < 1.29 is 14.4 Å². The quantitative estimate of drug-likeness (QED) is 0.805. The molecule has 1 saturated carbocycles. The largest absolute Gasteiger partial charge is 0.496 e. The fraction of sp³-hybridized carbons (Fsp3) is 0.632. The van der Waals surface area contributed by atoms with Crippen molar-refractivity contribution >= 4 is 5.91 Å². The molecule has 2 atom stereocenters. The van der Waals surface area contributed by atoms with E-state index < -0.39 is 0 Å². The van der Waals surface area contributed by atoms with Gasteiger partial charge in [0.2, 0.25) is 0 Å². The summed E-state index contributed by atoms with van der Waals surface area (Å²) in [6.07, 6.45) is 6.51. The van der Waals surface area contributed by atoms with Crippen molar-refractivity contribution in [2.24, 2.45) is 5.92 Å². The summed E-state index contributed by atoms with van der Waals surface area (Å²) in [5.74, 6) is 1.72. The molecule has 0 bridgehead atoms. The lowest BCUT2D eigenvalue weighted by Crippen LogP contribution is -3.12. The molecule has 0 aliphatic heterocycles. The molecule has 2 N–H and O–H groups in total. The number of amides is 1. The van der Waals surface area contributed by atoms with Crippen LogP contribution in [0, 0.1) is 5.92 Å². The standard InChI is InChI=1S/C19H30N2O2/c1-15(19(22)20-13-16-9-5-4-6-10-16)21(2)14-17-11-7-8-12-18(17)23-3/h7-8,11-12,15-16H,4-6,9-10,13-14H2,1-3H3,(H,20,22)/p+1/t15-/m1/s1. The minimum absolute atomic E-state index is 0.0662. The predicted molar refractivity (Wildman–Crippen MR) is 92.6 cm³/mol. The van der Waals surface area contributed by atoms with E-state index in [9.17, 15) is 4.79 Å². The molecule has 4 heteroatoms. The molecule has 4 nitrogen and oxygen atoms in total. The molecule has 1 aromatic rings. The van der Waals surface area contributed by atoms with Crippen LogP contribution in [0.15, 0.2) is 24.3 Å². The minimum Gasteiger partial charge on any atom is -0.496 e. The Morgan fingerprint density at radius 3 is 2.70 bits per heavy atom. The molecule has 23 heavy (non-hydrogen) atoms. The zero-order valence-electron chi connectivity index (χ0n) is 14.7. The van der Waals surface area contributed by atoms with E-state index in [1.54, 1.807) is 7.11 Å². The fourth-order valence-electron chi connectivity index (χ4n) is 3.32. The van der Waals surface area contributed by atoms with Gasteiger partial charge in [0.15, 0.2) is 6.04 Å². The topological polar surface area (TPSA) is 42.8 Å². The predicted octanol–water partition coefficient (Wildman–Crippen LogP) is 1.79. The second-order valence-electron chi connectivity index (χ2n) is 6.81. The molecule has 0 radical (unpaired) electrons. The Balaban J connectivity index is 1.83. The Morgan fingerprint density at radius 2 is 2.00 bits per heavy atom. The lowest BCUT2D eigenvalue weighted by molar-refractivity contribution is -0.908. The van der Waals surface area contributed by atoms with Gasteiger partial charge >= 0.3 is 0 Å². The second-order valence-corrected chi connectivity index (χ2v) is 6.81. The number of methoxy groups -OCH3 is 1. The first-order valence-electron chi connectivity index (χ1n) is 8.83. The molecule has 0 aromatic heterocycles. The third kappa shape index (κ3) is 5.24. The van der Waals surface area contributed by atoms with Gasteiger partial charge in [-0.05, 0) is 37.8 Å². The summed E-state index contributed by atoms with van der Waals surface area (Å²) in [7, 11) is 3.76. The summed E-state index contributed by atoms with van der Waals surface area (Å²) in [4.78, 5) is 13.6. The van der Waals surface area contributed by atoms with Crippen LogP contribution in [0.1, 0.15) is 44.6 Å². The number of likely N-dealkylation sites (N-methyl/N-ethyl adjacent to an activating group) is 1. The van der Waals surface area contributed by atoms with E-state index in [1.165, 1.54) is 37.0 Å². The molecule has 0 saturated heterocycles. The van der Waals surface area contributed by atoms with Crippen molar-refractivity contribution in [3.8, 4) is 5.75 Å². The van der Waals surface area contributed by atoms with Gasteiger partial charge in [0.05, 0.1) is 14.2 Å². The van der Waals surface area contributed by atoms with Crippen LogP contribution < -0.4 is 15.0 Å². The highest BCUT2D eigenvalue weighted by Gasteiger charge is 2.24. The van der Waals surface area contributed by atoms with E-state index in [0.717, 1.165) is 24.4 Å². The highest BCUT2D eigenvalue weighted by Crippen LogP contribution is 2.22. The second kappa shape index (κ2) is 8.92. The number of ether oxygens (including phenoxy) is 1. The van der Waals surface area contributed by atoms with Crippen molar-refractivity contribution in [3.63, 3.8) is 0 Å². The first-order valence-corrected chi connectivity index (χ1v) is 8.83. The van der Waals surface area contributed by atoms with E-state index in [1.807, 2.05) is 25.1 Å². The molecule has 1 unspecified atom stereocenters. The summed E-state index contributed by atoms with van der Waals surface area (Å²) in [5, 5.41) is 3.16. The molecule has 128 valence electrons. The van der Waals surface area contributed by atoms with Gasteiger partial charge in [0.1, 0.15) is 12.3 Å². The monoisotopic (exact) mass is 319 g/mol. The number of benzene rings is 1. The molecular formula is C19H31N2O2+. The van der Waals surface area contributed by atoms with E-state index in [-0.39, 0.29) is 11.9 Å². The summed E-state index contributed by atoms with van der Waals surface area (Å²) in [6.45, 7) is 3.62. The Bertz CT molecular complexity index is 498. The molecule has 2 rings (SSSR count). The Hall–Kier alpha value is -1.55. The molecule has 1 amide bonds. The van der Waals surface area contributed by atoms with Crippen LogP contribution in [-0.4, -0.2) is 32.7 Å². The minimum atomic E-state index is -0.0662. The van der Waals surface area contributed by atoms with Gasteiger partial charge in [0, 0.05) is 12.1 Å². The smallest absolute Gasteiger partial charge is 0.278 e. The van der Waals surface area contributed by atoms with Crippen LogP contribution in [0.2, 0.25) is 0 Å². The first kappa shape index (κ1) is 17.8. The molecule has 1 aliphatic carbocycles. The summed E-state index contributed by atoms with van der Waals surface area (Å²) in [6, 6.07) is 7.95. The molecule has 1 aliphatic rings. The lowest BCUT2D eigenvalue weighted by Gasteiger charge is -2.25. The van der Waals surface area contributed by atoms with E-state index in [4.69, 9.17) is 4.74 Å². The van der Waals surface area contributed by atoms with Crippen molar-refractivity contribution in [2.75, 3.05) is 20.7 Å². The maximum absolute atomic E-state index is 12.4. The average molecular weight is 319 g/mol. The lowest BCUT2D eigenvalue weighted by atomic mass is 9.89. The number of hydrogen-bond acceptors (Lipinski definition) is 2. The number of quaternary nitrogens is 1. The zero-order valence-corrected chi connectivity index (χ0v) is 14.7.